The topological polar surface area (TPSA) is 71.1 Å². The van der Waals surface area contributed by atoms with Gasteiger partial charge in [0, 0.05) is 20.0 Å². The number of hydrogen-bond donors (Lipinski definition) is 1. The van der Waals surface area contributed by atoms with E-state index >= 15 is 0 Å². The molecule has 0 radical (unpaired) electrons. The fourth-order valence-electron chi connectivity index (χ4n) is 2.39. The van der Waals surface area contributed by atoms with E-state index in [1.54, 1.807) is 0 Å². The van der Waals surface area contributed by atoms with Gasteiger partial charge < -0.3 is 24.6 Å². The van der Waals surface area contributed by atoms with Gasteiger partial charge in [-0.1, -0.05) is 6.07 Å². The van der Waals surface area contributed by atoms with Crippen LogP contribution in [0.15, 0.2) is 18.2 Å². The summed E-state index contributed by atoms with van der Waals surface area (Å²) in [5, 5.41) is 2.85. The molecular weight excluding hydrogens is 310 g/mol. The van der Waals surface area contributed by atoms with E-state index in [0.29, 0.717) is 24.6 Å². The van der Waals surface area contributed by atoms with Crippen molar-refractivity contribution < 1.29 is 19.1 Å². The molecule has 0 saturated carbocycles. The zero-order chi connectivity index (χ0) is 17.5. The molecule has 0 spiro atoms. The lowest BCUT2D eigenvalue weighted by atomic mass is 10.2. The zero-order valence-electron chi connectivity index (χ0n) is 14.5. The van der Waals surface area contributed by atoms with Gasteiger partial charge >= 0.3 is 0 Å². The maximum Gasteiger partial charge on any atom is 0.239 e. The third-order valence-corrected chi connectivity index (χ3v) is 3.69. The number of nitrogens with zero attached hydrogens (tertiary/aromatic N) is 2. The monoisotopic (exact) mass is 335 g/mol. The lowest BCUT2D eigenvalue weighted by Gasteiger charge is -2.21. The molecule has 0 bridgehead atoms. The van der Waals surface area contributed by atoms with Crippen molar-refractivity contribution in [2.75, 3.05) is 40.5 Å². The van der Waals surface area contributed by atoms with Crippen LogP contribution in [0.25, 0.3) is 0 Å². The third-order valence-electron chi connectivity index (χ3n) is 3.69. The Kier molecular flexibility index (Phi) is 6.43. The number of fused-ring (bicyclic) bond motifs is 1. The van der Waals surface area contributed by atoms with Crippen molar-refractivity contribution in [2.24, 2.45) is 0 Å². The summed E-state index contributed by atoms with van der Waals surface area (Å²) in [7, 11) is 3.98. The largest absolute Gasteiger partial charge is 0.454 e. The van der Waals surface area contributed by atoms with Crippen LogP contribution in [0.4, 0.5) is 0 Å². The fraction of sp³-hybridized carbons (Fsp3) is 0.529. The summed E-state index contributed by atoms with van der Waals surface area (Å²) in [6.07, 6.45) is 0.876. The number of hydrogen-bond acceptors (Lipinski definition) is 5. The Morgan fingerprint density at radius 1 is 1.21 bits per heavy atom. The normalized spacial score (nSPS) is 12.3. The maximum atomic E-state index is 12.0. The van der Waals surface area contributed by atoms with E-state index in [0.717, 1.165) is 18.5 Å². The van der Waals surface area contributed by atoms with Crippen LogP contribution in [0.2, 0.25) is 0 Å². The van der Waals surface area contributed by atoms with E-state index in [4.69, 9.17) is 9.47 Å². The van der Waals surface area contributed by atoms with Gasteiger partial charge in [0.25, 0.3) is 0 Å². The van der Waals surface area contributed by atoms with E-state index in [2.05, 4.69) is 10.2 Å². The number of amides is 2. The first kappa shape index (κ1) is 18.1. The number of carbonyl (C=O) groups is 2. The molecule has 1 aromatic rings. The van der Waals surface area contributed by atoms with Crippen LogP contribution in [0.1, 0.15) is 18.9 Å². The van der Waals surface area contributed by atoms with Gasteiger partial charge in [-0.2, -0.15) is 0 Å². The lowest BCUT2D eigenvalue weighted by Crippen LogP contribution is -2.40. The number of ether oxygens (including phenoxy) is 2. The first-order valence-electron chi connectivity index (χ1n) is 8.01. The summed E-state index contributed by atoms with van der Waals surface area (Å²) < 4.78 is 10.6. The highest BCUT2D eigenvalue weighted by Gasteiger charge is 2.17. The minimum Gasteiger partial charge on any atom is -0.454 e. The fourth-order valence-corrected chi connectivity index (χ4v) is 2.39. The predicted molar refractivity (Wildman–Crippen MR) is 89.8 cm³/mol. The van der Waals surface area contributed by atoms with Crippen molar-refractivity contribution in [2.45, 2.75) is 19.9 Å². The summed E-state index contributed by atoms with van der Waals surface area (Å²) in [4.78, 5) is 27.4. The smallest absolute Gasteiger partial charge is 0.239 e. The van der Waals surface area contributed by atoms with E-state index in [-0.39, 0.29) is 25.2 Å². The van der Waals surface area contributed by atoms with Gasteiger partial charge in [0.1, 0.15) is 0 Å². The molecule has 1 aliphatic rings. The Hall–Kier alpha value is -2.28. The standard InChI is InChI=1S/C17H25N3O4/c1-13(21)20(11-17(22)18-7-4-8-19(2)3)10-14-5-6-15-16(9-14)24-12-23-15/h5-6,9H,4,7-8,10-12H2,1-3H3,(H,18,22). The maximum absolute atomic E-state index is 12.0. The molecule has 0 fully saturated rings. The van der Waals surface area contributed by atoms with Gasteiger partial charge in [0.05, 0.1) is 6.54 Å². The number of benzene rings is 1. The average molecular weight is 335 g/mol. The molecule has 7 heteroatoms. The van der Waals surface area contributed by atoms with Crippen LogP contribution in [-0.4, -0.2) is 62.1 Å². The summed E-state index contributed by atoms with van der Waals surface area (Å²) in [5.74, 6) is 1.08. The molecule has 0 unspecified atom stereocenters. The van der Waals surface area contributed by atoms with Crippen LogP contribution in [0.3, 0.4) is 0 Å². The van der Waals surface area contributed by atoms with Gasteiger partial charge in [-0.15, -0.1) is 0 Å². The Bertz CT molecular complexity index is 589. The molecule has 1 aromatic carbocycles. The van der Waals surface area contributed by atoms with Crippen LogP contribution in [-0.2, 0) is 16.1 Å². The second kappa shape index (κ2) is 8.54. The zero-order valence-corrected chi connectivity index (χ0v) is 14.5. The Balaban J connectivity index is 1.85. The molecule has 132 valence electrons. The molecule has 1 heterocycles. The predicted octanol–water partition coefficient (Wildman–Crippen LogP) is 0.832. The molecule has 2 amide bonds. The van der Waals surface area contributed by atoms with Crippen molar-refractivity contribution in [3.8, 4) is 11.5 Å². The van der Waals surface area contributed by atoms with Crippen molar-refractivity contribution >= 4 is 11.8 Å². The second-order valence-electron chi connectivity index (χ2n) is 6.07. The van der Waals surface area contributed by atoms with Crippen LogP contribution >= 0.6 is 0 Å². The molecule has 2 rings (SSSR count). The first-order chi connectivity index (χ1) is 11.5. The number of rotatable bonds is 8. The molecule has 24 heavy (non-hydrogen) atoms. The van der Waals surface area contributed by atoms with Crippen molar-refractivity contribution in [1.82, 2.24) is 15.1 Å². The van der Waals surface area contributed by atoms with Gasteiger partial charge in [-0.05, 0) is 44.8 Å². The van der Waals surface area contributed by atoms with Gasteiger partial charge in [0.15, 0.2) is 11.5 Å². The van der Waals surface area contributed by atoms with Crippen molar-refractivity contribution in [3.63, 3.8) is 0 Å². The van der Waals surface area contributed by atoms with Gasteiger partial charge in [-0.25, -0.2) is 0 Å². The van der Waals surface area contributed by atoms with Crippen molar-refractivity contribution in [3.05, 3.63) is 23.8 Å². The average Bonchev–Trinajstić information content (AvgIpc) is 2.98. The molecule has 0 atom stereocenters. The summed E-state index contributed by atoms with van der Waals surface area (Å²) in [6, 6.07) is 5.53. The summed E-state index contributed by atoms with van der Waals surface area (Å²) in [5.41, 5.74) is 0.898. The highest BCUT2D eigenvalue weighted by molar-refractivity contribution is 5.83. The van der Waals surface area contributed by atoms with E-state index in [1.807, 2.05) is 32.3 Å². The summed E-state index contributed by atoms with van der Waals surface area (Å²) >= 11 is 0. The molecule has 1 N–H and O–H groups in total. The SMILES string of the molecule is CC(=O)N(CC(=O)NCCCN(C)C)Cc1ccc2c(c1)OCO2. The molecule has 0 aliphatic carbocycles. The van der Waals surface area contributed by atoms with Crippen molar-refractivity contribution in [1.29, 1.82) is 0 Å². The van der Waals surface area contributed by atoms with Crippen LogP contribution in [0.5, 0.6) is 11.5 Å². The van der Waals surface area contributed by atoms with Crippen LogP contribution < -0.4 is 14.8 Å². The van der Waals surface area contributed by atoms with Crippen LogP contribution in [0, 0.1) is 0 Å². The minimum absolute atomic E-state index is 0.0474. The van der Waals surface area contributed by atoms with E-state index < -0.39 is 0 Å². The molecule has 0 saturated heterocycles. The Morgan fingerprint density at radius 2 is 1.96 bits per heavy atom. The van der Waals surface area contributed by atoms with Gasteiger partial charge in [-0.3, -0.25) is 9.59 Å². The summed E-state index contributed by atoms with van der Waals surface area (Å²) in [6.45, 7) is 3.60. The van der Waals surface area contributed by atoms with E-state index in [9.17, 15) is 9.59 Å². The number of carbonyl (C=O) groups excluding carboxylic acids is 2. The molecule has 0 aromatic heterocycles. The highest BCUT2D eigenvalue weighted by atomic mass is 16.7. The minimum atomic E-state index is -0.148. The van der Waals surface area contributed by atoms with Gasteiger partial charge in [0.2, 0.25) is 18.6 Å². The highest BCUT2D eigenvalue weighted by Crippen LogP contribution is 2.32. The van der Waals surface area contributed by atoms with E-state index in [1.165, 1.54) is 11.8 Å². The first-order valence-corrected chi connectivity index (χ1v) is 8.01. The molecule has 1 aliphatic heterocycles. The second-order valence-corrected chi connectivity index (χ2v) is 6.07. The Labute approximate surface area is 142 Å². The lowest BCUT2D eigenvalue weighted by molar-refractivity contribution is -0.134. The quantitative estimate of drug-likeness (QED) is 0.713. The molecular formula is C17H25N3O4. The number of nitrogens with one attached hydrogen (secondary N) is 1. The third kappa shape index (κ3) is 5.42. The Morgan fingerprint density at radius 3 is 2.67 bits per heavy atom. The molecule has 7 nitrogen and oxygen atoms in total.